The third-order valence-corrected chi connectivity index (χ3v) is 4.57. The summed E-state index contributed by atoms with van der Waals surface area (Å²) in [7, 11) is 0. The van der Waals surface area contributed by atoms with Gasteiger partial charge in [0.2, 0.25) is 5.91 Å². The zero-order chi connectivity index (χ0) is 17.5. The van der Waals surface area contributed by atoms with Gasteiger partial charge in [-0.2, -0.15) is 0 Å². The van der Waals surface area contributed by atoms with Gasteiger partial charge in [0.05, 0.1) is 6.04 Å². The van der Waals surface area contributed by atoms with Crippen molar-refractivity contribution in [3.05, 3.63) is 35.4 Å². The van der Waals surface area contributed by atoms with Crippen molar-refractivity contribution in [2.45, 2.75) is 33.4 Å². The molecule has 1 aromatic carbocycles. The summed E-state index contributed by atoms with van der Waals surface area (Å²) < 4.78 is 0. The predicted octanol–water partition coefficient (Wildman–Crippen LogP) is 1.35. The molecule has 1 heterocycles. The van der Waals surface area contributed by atoms with Gasteiger partial charge in [-0.25, -0.2) is 4.79 Å². The molecule has 3 amide bonds. The van der Waals surface area contributed by atoms with Crippen molar-refractivity contribution in [1.82, 2.24) is 20.4 Å². The number of nitrogens with one attached hydrogen (secondary N) is 2. The standard InChI is InChI=1S/C18H28N4O2/c1-4-19-18(24)22-11-9-21(10-12-22)15(3)17(23)20-13-16-8-6-5-7-14(16)2/h5-8,15H,4,9-13H2,1-3H3,(H,19,24)(H,20,23). The Morgan fingerprint density at radius 1 is 1.12 bits per heavy atom. The van der Waals surface area contributed by atoms with Crippen LogP contribution in [0.4, 0.5) is 4.79 Å². The number of carbonyl (C=O) groups is 2. The van der Waals surface area contributed by atoms with Gasteiger partial charge in [-0.05, 0) is 31.9 Å². The molecule has 1 aliphatic heterocycles. The van der Waals surface area contributed by atoms with Crippen molar-refractivity contribution in [3.8, 4) is 0 Å². The molecule has 0 spiro atoms. The zero-order valence-electron chi connectivity index (χ0n) is 14.8. The van der Waals surface area contributed by atoms with Gasteiger partial charge < -0.3 is 15.5 Å². The summed E-state index contributed by atoms with van der Waals surface area (Å²) in [5.41, 5.74) is 2.32. The first kappa shape index (κ1) is 18.3. The number of urea groups is 1. The van der Waals surface area contributed by atoms with Crippen LogP contribution in [0.1, 0.15) is 25.0 Å². The second kappa shape index (κ2) is 8.68. The Balaban J connectivity index is 1.80. The number of amides is 3. The SMILES string of the molecule is CCNC(=O)N1CCN(C(C)C(=O)NCc2ccccc2C)CC1. The Kier molecular flexibility index (Phi) is 6.61. The largest absolute Gasteiger partial charge is 0.351 e. The van der Waals surface area contributed by atoms with E-state index in [9.17, 15) is 9.59 Å². The highest BCUT2D eigenvalue weighted by Gasteiger charge is 2.27. The quantitative estimate of drug-likeness (QED) is 0.855. The number of aryl methyl sites for hydroxylation is 1. The van der Waals surface area contributed by atoms with E-state index in [-0.39, 0.29) is 18.0 Å². The second-order valence-corrected chi connectivity index (χ2v) is 6.18. The Hall–Kier alpha value is -2.08. The Morgan fingerprint density at radius 2 is 1.79 bits per heavy atom. The number of hydrogen-bond acceptors (Lipinski definition) is 3. The van der Waals surface area contributed by atoms with Gasteiger partial charge in [0, 0.05) is 39.3 Å². The summed E-state index contributed by atoms with van der Waals surface area (Å²) in [5.74, 6) is 0.0321. The van der Waals surface area contributed by atoms with Crippen molar-refractivity contribution in [2.24, 2.45) is 0 Å². The van der Waals surface area contributed by atoms with Crippen LogP contribution in [0, 0.1) is 6.92 Å². The van der Waals surface area contributed by atoms with Crippen LogP contribution in [0.25, 0.3) is 0 Å². The summed E-state index contributed by atoms with van der Waals surface area (Å²) in [5, 5.41) is 5.83. The highest BCUT2D eigenvalue weighted by atomic mass is 16.2. The fourth-order valence-electron chi connectivity index (χ4n) is 2.88. The number of rotatable bonds is 5. The minimum Gasteiger partial charge on any atom is -0.351 e. The monoisotopic (exact) mass is 332 g/mol. The predicted molar refractivity (Wildman–Crippen MR) is 94.7 cm³/mol. The van der Waals surface area contributed by atoms with Crippen molar-refractivity contribution in [3.63, 3.8) is 0 Å². The number of carbonyl (C=O) groups excluding carboxylic acids is 2. The Bertz CT molecular complexity index is 568. The van der Waals surface area contributed by atoms with E-state index in [4.69, 9.17) is 0 Å². The van der Waals surface area contributed by atoms with Crippen LogP contribution in [0.15, 0.2) is 24.3 Å². The van der Waals surface area contributed by atoms with E-state index in [1.54, 1.807) is 4.90 Å². The maximum atomic E-state index is 12.4. The van der Waals surface area contributed by atoms with Gasteiger partial charge in [-0.1, -0.05) is 24.3 Å². The van der Waals surface area contributed by atoms with Crippen LogP contribution in [0.5, 0.6) is 0 Å². The maximum Gasteiger partial charge on any atom is 0.317 e. The molecule has 6 heteroatoms. The fraction of sp³-hybridized carbons (Fsp3) is 0.556. The lowest BCUT2D eigenvalue weighted by Crippen LogP contribution is -2.56. The summed E-state index contributed by atoms with van der Waals surface area (Å²) in [6.07, 6.45) is 0. The van der Waals surface area contributed by atoms with E-state index in [0.29, 0.717) is 26.2 Å². The summed E-state index contributed by atoms with van der Waals surface area (Å²) in [6, 6.07) is 7.85. The second-order valence-electron chi connectivity index (χ2n) is 6.18. The normalized spacial score (nSPS) is 16.5. The molecule has 1 unspecified atom stereocenters. The first-order chi connectivity index (χ1) is 11.5. The van der Waals surface area contributed by atoms with E-state index >= 15 is 0 Å². The van der Waals surface area contributed by atoms with Crippen LogP contribution < -0.4 is 10.6 Å². The zero-order valence-corrected chi connectivity index (χ0v) is 14.8. The lowest BCUT2D eigenvalue weighted by Gasteiger charge is -2.37. The smallest absolute Gasteiger partial charge is 0.317 e. The Labute approximate surface area is 144 Å². The molecule has 6 nitrogen and oxygen atoms in total. The molecule has 0 bridgehead atoms. The molecule has 1 aliphatic rings. The first-order valence-electron chi connectivity index (χ1n) is 8.62. The number of hydrogen-bond donors (Lipinski definition) is 2. The fourth-order valence-corrected chi connectivity index (χ4v) is 2.88. The molecule has 0 aliphatic carbocycles. The molecule has 132 valence electrons. The lowest BCUT2D eigenvalue weighted by molar-refractivity contribution is -0.126. The molecule has 1 atom stereocenters. The van der Waals surface area contributed by atoms with Crippen molar-refractivity contribution < 1.29 is 9.59 Å². The van der Waals surface area contributed by atoms with Gasteiger partial charge in [0.15, 0.2) is 0 Å². The highest BCUT2D eigenvalue weighted by Crippen LogP contribution is 2.09. The van der Waals surface area contributed by atoms with Crippen LogP contribution in [-0.4, -0.2) is 60.5 Å². The van der Waals surface area contributed by atoms with Gasteiger partial charge in [-0.3, -0.25) is 9.69 Å². The molecule has 0 radical (unpaired) electrons. The molecule has 0 saturated carbocycles. The van der Waals surface area contributed by atoms with Crippen LogP contribution in [0.3, 0.4) is 0 Å². The summed E-state index contributed by atoms with van der Waals surface area (Å²) in [6.45, 7) is 9.82. The maximum absolute atomic E-state index is 12.4. The molecule has 1 saturated heterocycles. The number of benzene rings is 1. The molecule has 2 rings (SSSR count). The number of nitrogens with zero attached hydrogens (tertiary/aromatic N) is 2. The molecule has 1 fully saturated rings. The van der Waals surface area contributed by atoms with Crippen molar-refractivity contribution in [2.75, 3.05) is 32.7 Å². The van der Waals surface area contributed by atoms with Gasteiger partial charge in [0.1, 0.15) is 0 Å². The van der Waals surface area contributed by atoms with E-state index in [1.165, 1.54) is 5.56 Å². The van der Waals surface area contributed by atoms with Crippen LogP contribution in [-0.2, 0) is 11.3 Å². The van der Waals surface area contributed by atoms with E-state index in [1.807, 2.05) is 45.0 Å². The molecule has 0 aromatic heterocycles. The van der Waals surface area contributed by atoms with Crippen LogP contribution >= 0.6 is 0 Å². The molecule has 1 aromatic rings. The average molecular weight is 332 g/mol. The Morgan fingerprint density at radius 3 is 2.42 bits per heavy atom. The van der Waals surface area contributed by atoms with Crippen molar-refractivity contribution in [1.29, 1.82) is 0 Å². The number of piperazine rings is 1. The van der Waals surface area contributed by atoms with Gasteiger partial charge in [0.25, 0.3) is 0 Å². The molecular formula is C18H28N4O2. The molecule has 24 heavy (non-hydrogen) atoms. The average Bonchev–Trinajstić information content (AvgIpc) is 2.60. The summed E-state index contributed by atoms with van der Waals surface area (Å²) >= 11 is 0. The molecule has 2 N–H and O–H groups in total. The highest BCUT2D eigenvalue weighted by molar-refractivity contribution is 5.81. The minimum absolute atomic E-state index is 0.0196. The van der Waals surface area contributed by atoms with Gasteiger partial charge in [-0.15, -0.1) is 0 Å². The lowest BCUT2D eigenvalue weighted by atomic mass is 10.1. The summed E-state index contributed by atoms with van der Waals surface area (Å²) in [4.78, 5) is 28.1. The van der Waals surface area contributed by atoms with E-state index in [2.05, 4.69) is 15.5 Å². The van der Waals surface area contributed by atoms with Crippen LogP contribution in [0.2, 0.25) is 0 Å². The molecular weight excluding hydrogens is 304 g/mol. The topological polar surface area (TPSA) is 64.7 Å². The van der Waals surface area contributed by atoms with Gasteiger partial charge >= 0.3 is 6.03 Å². The first-order valence-corrected chi connectivity index (χ1v) is 8.62. The van der Waals surface area contributed by atoms with E-state index in [0.717, 1.165) is 18.7 Å². The third-order valence-electron chi connectivity index (χ3n) is 4.57. The third kappa shape index (κ3) is 4.71. The minimum atomic E-state index is -0.189. The van der Waals surface area contributed by atoms with E-state index < -0.39 is 0 Å². The van der Waals surface area contributed by atoms with Crippen molar-refractivity contribution >= 4 is 11.9 Å².